The summed E-state index contributed by atoms with van der Waals surface area (Å²) in [4.78, 5) is 14.5. The van der Waals surface area contributed by atoms with Gasteiger partial charge in [-0.2, -0.15) is 0 Å². The summed E-state index contributed by atoms with van der Waals surface area (Å²) in [5, 5.41) is 5.71. The van der Waals surface area contributed by atoms with Crippen LogP contribution in [0.1, 0.15) is 12.5 Å². The number of piperazine rings is 1. The van der Waals surface area contributed by atoms with Crippen molar-refractivity contribution >= 4 is 16.7 Å². The predicted octanol–water partition coefficient (Wildman–Crippen LogP) is 2.20. The number of amides is 1. The Hall–Kier alpha value is -1.87. The van der Waals surface area contributed by atoms with Crippen molar-refractivity contribution in [2.75, 3.05) is 19.6 Å². The third kappa shape index (κ3) is 2.54. The van der Waals surface area contributed by atoms with Crippen molar-refractivity contribution < 1.29 is 4.79 Å². The predicted molar refractivity (Wildman–Crippen MR) is 81.7 cm³/mol. The van der Waals surface area contributed by atoms with E-state index in [-0.39, 0.29) is 11.9 Å². The molecule has 0 aliphatic carbocycles. The van der Waals surface area contributed by atoms with Crippen molar-refractivity contribution in [1.29, 1.82) is 0 Å². The first kappa shape index (κ1) is 13.1. The molecule has 3 heteroatoms. The Balaban J connectivity index is 1.84. The monoisotopic (exact) mass is 268 g/mol. The van der Waals surface area contributed by atoms with Crippen LogP contribution in [0.15, 0.2) is 42.5 Å². The second-order valence-electron chi connectivity index (χ2n) is 5.46. The van der Waals surface area contributed by atoms with Crippen LogP contribution in [-0.4, -0.2) is 36.5 Å². The van der Waals surface area contributed by atoms with E-state index in [0.29, 0.717) is 6.42 Å². The molecule has 104 valence electrons. The van der Waals surface area contributed by atoms with Gasteiger partial charge in [-0.1, -0.05) is 42.5 Å². The first-order chi connectivity index (χ1) is 9.75. The number of hydrogen-bond donors (Lipinski definition) is 1. The highest BCUT2D eigenvalue weighted by Crippen LogP contribution is 2.20. The normalized spacial score (nSPS) is 19.2. The molecule has 2 aromatic carbocycles. The molecule has 0 spiro atoms. The summed E-state index contributed by atoms with van der Waals surface area (Å²) in [5.74, 6) is 0.232. The van der Waals surface area contributed by atoms with Gasteiger partial charge in [0, 0.05) is 25.7 Å². The van der Waals surface area contributed by atoms with E-state index in [0.717, 1.165) is 25.2 Å². The summed E-state index contributed by atoms with van der Waals surface area (Å²) in [6, 6.07) is 14.7. The topological polar surface area (TPSA) is 32.3 Å². The molecule has 20 heavy (non-hydrogen) atoms. The Morgan fingerprint density at radius 2 is 2.05 bits per heavy atom. The zero-order valence-electron chi connectivity index (χ0n) is 11.8. The lowest BCUT2D eigenvalue weighted by atomic mass is 10.0. The number of fused-ring (bicyclic) bond motifs is 1. The molecule has 0 bridgehead atoms. The average molecular weight is 268 g/mol. The van der Waals surface area contributed by atoms with Crippen LogP contribution >= 0.6 is 0 Å². The zero-order chi connectivity index (χ0) is 13.9. The molecular formula is C17H20N2O. The SMILES string of the molecule is CC1CNCCN1C(=O)Cc1cccc2ccccc12. The second-order valence-corrected chi connectivity index (χ2v) is 5.46. The average Bonchev–Trinajstić information content (AvgIpc) is 2.48. The van der Waals surface area contributed by atoms with Gasteiger partial charge >= 0.3 is 0 Å². The molecular weight excluding hydrogens is 248 g/mol. The van der Waals surface area contributed by atoms with Crippen LogP contribution in [0.2, 0.25) is 0 Å². The molecule has 0 radical (unpaired) electrons. The molecule has 1 N–H and O–H groups in total. The van der Waals surface area contributed by atoms with Crippen LogP contribution in [0.4, 0.5) is 0 Å². The highest BCUT2D eigenvalue weighted by Gasteiger charge is 2.23. The maximum Gasteiger partial charge on any atom is 0.227 e. The molecule has 3 rings (SSSR count). The largest absolute Gasteiger partial charge is 0.337 e. The maximum atomic E-state index is 12.5. The number of benzene rings is 2. The van der Waals surface area contributed by atoms with Gasteiger partial charge < -0.3 is 10.2 Å². The summed E-state index contributed by atoms with van der Waals surface area (Å²) in [6.07, 6.45) is 0.492. The minimum absolute atomic E-state index is 0.232. The smallest absolute Gasteiger partial charge is 0.227 e. The van der Waals surface area contributed by atoms with E-state index in [2.05, 4.69) is 36.5 Å². The van der Waals surface area contributed by atoms with Crippen molar-refractivity contribution in [2.45, 2.75) is 19.4 Å². The third-order valence-corrected chi connectivity index (χ3v) is 4.04. The zero-order valence-corrected chi connectivity index (χ0v) is 11.8. The molecule has 2 aromatic rings. The van der Waals surface area contributed by atoms with Crippen LogP contribution in [-0.2, 0) is 11.2 Å². The Morgan fingerprint density at radius 3 is 2.90 bits per heavy atom. The number of carbonyl (C=O) groups excluding carboxylic acids is 1. The van der Waals surface area contributed by atoms with Gasteiger partial charge in [0.15, 0.2) is 0 Å². The van der Waals surface area contributed by atoms with Crippen molar-refractivity contribution in [2.24, 2.45) is 0 Å². The van der Waals surface area contributed by atoms with Crippen molar-refractivity contribution in [3.05, 3.63) is 48.0 Å². The van der Waals surface area contributed by atoms with Crippen LogP contribution in [0.5, 0.6) is 0 Å². The van der Waals surface area contributed by atoms with E-state index in [1.807, 2.05) is 23.1 Å². The fourth-order valence-electron chi connectivity index (χ4n) is 2.92. The van der Waals surface area contributed by atoms with Crippen molar-refractivity contribution in [3.8, 4) is 0 Å². The standard InChI is InChI=1S/C17H20N2O/c1-13-12-18-9-10-19(13)17(20)11-15-7-4-6-14-5-2-3-8-16(14)15/h2-8,13,18H,9-12H2,1H3. The number of nitrogens with one attached hydrogen (secondary N) is 1. The molecule has 1 amide bonds. The highest BCUT2D eigenvalue weighted by atomic mass is 16.2. The van der Waals surface area contributed by atoms with E-state index in [4.69, 9.17) is 0 Å². The molecule has 1 heterocycles. The Morgan fingerprint density at radius 1 is 1.25 bits per heavy atom. The third-order valence-electron chi connectivity index (χ3n) is 4.04. The minimum atomic E-state index is 0.232. The number of nitrogens with zero attached hydrogens (tertiary/aromatic N) is 1. The summed E-state index contributed by atoms with van der Waals surface area (Å²) in [5.41, 5.74) is 1.12. The number of rotatable bonds is 2. The van der Waals surface area contributed by atoms with Crippen LogP contribution in [0, 0.1) is 0 Å². The van der Waals surface area contributed by atoms with E-state index in [1.54, 1.807) is 0 Å². The minimum Gasteiger partial charge on any atom is -0.337 e. The number of hydrogen-bond acceptors (Lipinski definition) is 2. The quantitative estimate of drug-likeness (QED) is 0.905. The van der Waals surface area contributed by atoms with E-state index in [9.17, 15) is 4.79 Å². The molecule has 1 atom stereocenters. The first-order valence-corrected chi connectivity index (χ1v) is 7.22. The molecule has 0 aromatic heterocycles. The summed E-state index contributed by atoms with van der Waals surface area (Å²) in [6.45, 7) is 4.70. The second kappa shape index (κ2) is 5.63. The number of carbonyl (C=O) groups is 1. The van der Waals surface area contributed by atoms with Crippen LogP contribution in [0.3, 0.4) is 0 Å². The fraction of sp³-hybridized carbons (Fsp3) is 0.353. The molecule has 1 aliphatic rings. The summed E-state index contributed by atoms with van der Waals surface area (Å²) < 4.78 is 0. The Kier molecular flexibility index (Phi) is 3.70. The molecule has 1 saturated heterocycles. The summed E-state index contributed by atoms with van der Waals surface area (Å²) in [7, 11) is 0. The molecule has 3 nitrogen and oxygen atoms in total. The highest BCUT2D eigenvalue weighted by molar-refractivity contribution is 5.90. The summed E-state index contributed by atoms with van der Waals surface area (Å²) >= 11 is 0. The Bertz CT molecular complexity index is 618. The fourth-order valence-corrected chi connectivity index (χ4v) is 2.92. The van der Waals surface area contributed by atoms with Gasteiger partial charge in [-0.15, -0.1) is 0 Å². The maximum absolute atomic E-state index is 12.5. The van der Waals surface area contributed by atoms with Crippen LogP contribution in [0.25, 0.3) is 10.8 Å². The van der Waals surface area contributed by atoms with Crippen LogP contribution < -0.4 is 5.32 Å². The molecule has 1 fully saturated rings. The molecule has 1 unspecified atom stereocenters. The van der Waals surface area contributed by atoms with E-state index in [1.165, 1.54) is 10.8 Å². The van der Waals surface area contributed by atoms with E-state index >= 15 is 0 Å². The van der Waals surface area contributed by atoms with Gasteiger partial charge in [-0.25, -0.2) is 0 Å². The van der Waals surface area contributed by atoms with Gasteiger partial charge in [0.25, 0.3) is 0 Å². The van der Waals surface area contributed by atoms with Gasteiger partial charge in [-0.05, 0) is 23.3 Å². The first-order valence-electron chi connectivity index (χ1n) is 7.22. The lowest BCUT2D eigenvalue weighted by molar-refractivity contribution is -0.133. The van der Waals surface area contributed by atoms with Crippen molar-refractivity contribution in [3.63, 3.8) is 0 Å². The van der Waals surface area contributed by atoms with E-state index < -0.39 is 0 Å². The Labute approximate surface area is 119 Å². The van der Waals surface area contributed by atoms with Gasteiger partial charge in [-0.3, -0.25) is 4.79 Å². The van der Waals surface area contributed by atoms with Gasteiger partial charge in [0.05, 0.1) is 6.42 Å². The van der Waals surface area contributed by atoms with Gasteiger partial charge in [0.1, 0.15) is 0 Å². The lowest BCUT2D eigenvalue weighted by Crippen LogP contribution is -2.52. The lowest BCUT2D eigenvalue weighted by Gasteiger charge is -2.34. The molecule has 1 aliphatic heterocycles. The van der Waals surface area contributed by atoms with Gasteiger partial charge in [0.2, 0.25) is 5.91 Å². The molecule has 0 saturated carbocycles. The van der Waals surface area contributed by atoms with Crippen molar-refractivity contribution in [1.82, 2.24) is 10.2 Å².